The molecule has 0 aliphatic heterocycles. The lowest BCUT2D eigenvalue weighted by atomic mass is 9.94. The lowest BCUT2D eigenvalue weighted by Gasteiger charge is -2.33. The summed E-state index contributed by atoms with van der Waals surface area (Å²) in [7, 11) is 4.15. The third kappa shape index (κ3) is 5.78. The summed E-state index contributed by atoms with van der Waals surface area (Å²) in [4.78, 5) is 4.36. The van der Waals surface area contributed by atoms with Crippen LogP contribution in [-0.2, 0) is 0 Å². The summed E-state index contributed by atoms with van der Waals surface area (Å²) < 4.78 is 0. The maximum atomic E-state index is 8.15. The van der Waals surface area contributed by atoms with Crippen molar-refractivity contribution in [3.8, 4) is 0 Å². The van der Waals surface area contributed by atoms with Crippen molar-refractivity contribution in [2.45, 2.75) is 34.1 Å². The van der Waals surface area contributed by atoms with Gasteiger partial charge in [-0.3, -0.25) is 5.41 Å². The second-order valence-electron chi connectivity index (χ2n) is 5.39. The van der Waals surface area contributed by atoms with Gasteiger partial charge in [-0.2, -0.15) is 0 Å². The average molecular weight is 213 g/mol. The highest BCUT2D eigenvalue weighted by Gasteiger charge is 2.22. The van der Waals surface area contributed by atoms with E-state index in [4.69, 9.17) is 5.41 Å². The van der Waals surface area contributed by atoms with Crippen molar-refractivity contribution in [2.24, 2.45) is 5.41 Å². The fraction of sp³-hybridized carbons (Fsp3) is 0.917. The Hall–Kier alpha value is -0.570. The number of nitrogens with zero attached hydrogens (tertiary/aromatic N) is 2. The van der Waals surface area contributed by atoms with Crippen molar-refractivity contribution in [3.05, 3.63) is 0 Å². The van der Waals surface area contributed by atoms with Crippen LogP contribution in [-0.4, -0.2) is 49.4 Å². The quantitative estimate of drug-likeness (QED) is 0.561. The Morgan fingerprint density at radius 2 is 1.60 bits per heavy atom. The predicted molar refractivity (Wildman–Crippen MR) is 67.6 cm³/mol. The molecule has 0 radical (unpaired) electrons. The molecule has 0 saturated carbocycles. The van der Waals surface area contributed by atoms with Gasteiger partial charge in [0.25, 0.3) is 0 Å². The molecule has 90 valence electrons. The predicted octanol–water partition coefficient (Wildman–Crippen LogP) is 2.28. The van der Waals surface area contributed by atoms with Gasteiger partial charge in [-0.05, 0) is 20.5 Å². The summed E-state index contributed by atoms with van der Waals surface area (Å²) in [5.41, 5.74) is -0.0402. The van der Waals surface area contributed by atoms with Gasteiger partial charge >= 0.3 is 0 Å². The van der Waals surface area contributed by atoms with Gasteiger partial charge in [-0.25, -0.2) is 0 Å². The zero-order valence-electron chi connectivity index (χ0n) is 11.2. The van der Waals surface area contributed by atoms with Gasteiger partial charge in [0.15, 0.2) is 0 Å². The number of hydrogen-bond acceptors (Lipinski definition) is 2. The minimum Gasteiger partial charge on any atom is -0.359 e. The molecule has 0 spiro atoms. The Morgan fingerprint density at radius 1 is 1.07 bits per heavy atom. The van der Waals surface area contributed by atoms with E-state index in [0.29, 0.717) is 0 Å². The molecule has 0 saturated heterocycles. The van der Waals surface area contributed by atoms with Gasteiger partial charge in [0.1, 0.15) is 5.84 Å². The lowest BCUT2D eigenvalue weighted by molar-refractivity contribution is 0.307. The van der Waals surface area contributed by atoms with Crippen molar-refractivity contribution in [1.82, 2.24) is 9.80 Å². The molecule has 3 nitrogen and oxygen atoms in total. The normalized spacial score (nSPS) is 11.9. The van der Waals surface area contributed by atoms with Crippen molar-refractivity contribution in [1.29, 1.82) is 5.41 Å². The monoisotopic (exact) mass is 213 g/mol. The standard InChI is InChI=1S/C12H27N3/c1-7-8-15(10-9-14(5)6)11(13)12(2,3)4/h13H,7-10H2,1-6H3. The Kier molecular flexibility index (Phi) is 5.88. The molecule has 0 aromatic heterocycles. The average Bonchev–Trinajstić information content (AvgIpc) is 2.09. The summed E-state index contributed by atoms with van der Waals surface area (Å²) in [6.07, 6.45) is 1.10. The third-order valence-corrected chi connectivity index (χ3v) is 2.34. The van der Waals surface area contributed by atoms with E-state index in [9.17, 15) is 0 Å². The summed E-state index contributed by atoms with van der Waals surface area (Å²) in [6.45, 7) is 11.4. The first-order chi connectivity index (χ1) is 6.79. The smallest absolute Gasteiger partial charge is 0.101 e. The topological polar surface area (TPSA) is 30.3 Å². The van der Waals surface area contributed by atoms with Gasteiger partial charge in [-0.15, -0.1) is 0 Å². The highest BCUT2D eigenvalue weighted by atomic mass is 15.2. The molecule has 1 N–H and O–H groups in total. The molecule has 0 aliphatic rings. The van der Waals surface area contributed by atoms with E-state index in [-0.39, 0.29) is 5.41 Å². The van der Waals surface area contributed by atoms with Gasteiger partial charge in [0.2, 0.25) is 0 Å². The van der Waals surface area contributed by atoms with Crippen LogP contribution in [0.5, 0.6) is 0 Å². The Labute approximate surface area is 95.0 Å². The molecule has 0 aliphatic carbocycles. The Morgan fingerprint density at radius 3 is 1.93 bits per heavy atom. The number of likely N-dealkylation sites (N-methyl/N-ethyl adjacent to an activating group) is 1. The van der Waals surface area contributed by atoms with E-state index in [1.807, 2.05) is 0 Å². The van der Waals surface area contributed by atoms with Gasteiger partial charge in [0, 0.05) is 25.0 Å². The van der Waals surface area contributed by atoms with Crippen molar-refractivity contribution < 1.29 is 0 Å². The first-order valence-corrected chi connectivity index (χ1v) is 5.77. The molecule has 15 heavy (non-hydrogen) atoms. The van der Waals surface area contributed by atoms with Crippen molar-refractivity contribution in [3.63, 3.8) is 0 Å². The first kappa shape index (κ1) is 14.4. The number of hydrogen-bond donors (Lipinski definition) is 1. The van der Waals surface area contributed by atoms with Crippen LogP contribution < -0.4 is 0 Å². The minimum atomic E-state index is -0.0402. The highest BCUT2D eigenvalue weighted by molar-refractivity contribution is 5.84. The van der Waals surface area contributed by atoms with E-state index < -0.39 is 0 Å². The highest BCUT2D eigenvalue weighted by Crippen LogP contribution is 2.17. The van der Waals surface area contributed by atoms with E-state index in [1.54, 1.807) is 0 Å². The van der Waals surface area contributed by atoms with Gasteiger partial charge < -0.3 is 9.80 Å². The lowest BCUT2D eigenvalue weighted by Crippen LogP contribution is -2.42. The van der Waals surface area contributed by atoms with Crippen LogP contribution in [0.1, 0.15) is 34.1 Å². The summed E-state index contributed by atoms with van der Waals surface area (Å²) in [5.74, 6) is 0.756. The molecule has 0 heterocycles. The van der Waals surface area contributed by atoms with Gasteiger partial charge in [0.05, 0.1) is 0 Å². The van der Waals surface area contributed by atoms with Crippen LogP contribution in [0, 0.1) is 10.8 Å². The summed E-state index contributed by atoms with van der Waals surface area (Å²) in [6, 6.07) is 0. The molecular formula is C12H27N3. The van der Waals surface area contributed by atoms with Crippen LogP contribution in [0.3, 0.4) is 0 Å². The second kappa shape index (κ2) is 6.11. The molecule has 0 bridgehead atoms. The SMILES string of the molecule is CCCN(CCN(C)C)C(=N)C(C)(C)C. The molecule has 0 aromatic rings. The summed E-state index contributed by atoms with van der Waals surface area (Å²) in [5, 5.41) is 8.15. The fourth-order valence-electron chi connectivity index (χ4n) is 1.40. The molecule has 0 unspecified atom stereocenters. The molecule has 0 amide bonds. The number of nitrogens with one attached hydrogen (secondary N) is 1. The van der Waals surface area contributed by atoms with Crippen LogP contribution in [0.25, 0.3) is 0 Å². The molecular weight excluding hydrogens is 186 g/mol. The first-order valence-electron chi connectivity index (χ1n) is 5.77. The largest absolute Gasteiger partial charge is 0.359 e. The third-order valence-electron chi connectivity index (χ3n) is 2.34. The Balaban J connectivity index is 4.32. The Bertz CT molecular complexity index is 192. The van der Waals surface area contributed by atoms with Gasteiger partial charge in [-0.1, -0.05) is 27.7 Å². The van der Waals surface area contributed by atoms with Crippen LogP contribution in [0.15, 0.2) is 0 Å². The molecule has 0 fully saturated rings. The van der Waals surface area contributed by atoms with Crippen LogP contribution in [0.4, 0.5) is 0 Å². The number of amidine groups is 1. The van der Waals surface area contributed by atoms with Crippen molar-refractivity contribution >= 4 is 5.84 Å². The zero-order valence-corrected chi connectivity index (χ0v) is 11.2. The van der Waals surface area contributed by atoms with Crippen LogP contribution >= 0.6 is 0 Å². The van der Waals surface area contributed by atoms with E-state index in [2.05, 4.69) is 51.6 Å². The molecule has 3 heteroatoms. The zero-order chi connectivity index (χ0) is 12.1. The maximum Gasteiger partial charge on any atom is 0.101 e. The maximum absolute atomic E-state index is 8.15. The number of rotatable bonds is 5. The van der Waals surface area contributed by atoms with Crippen molar-refractivity contribution in [2.75, 3.05) is 33.7 Å². The molecule has 0 aromatic carbocycles. The summed E-state index contributed by atoms with van der Waals surface area (Å²) >= 11 is 0. The van der Waals surface area contributed by atoms with Crippen LogP contribution in [0.2, 0.25) is 0 Å². The van der Waals surface area contributed by atoms with E-state index >= 15 is 0 Å². The minimum absolute atomic E-state index is 0.0402. The second-order valence-corrected chi connectivity index (χ2v) is 5.39. The van der Waals surface area contributed by atoms with E-state index in [1.165, 1.54) is 0 Å². The van der Waals surface area contributed by atoms with E-state index in [0.717, 1.165) is 31.9 Å². The molecule has 0 rings (SSSR count). The molecule has 0 atom stereocenters. The fourth-order valence-corrected chi connectivity index (χ4v) is 1.40.